The third-order valence-corrected chi connectivity index (χ3v) is 4.40. The van der Waals surface area contributed by atoms with Crippen LogP contribution in [0.2, 0.25) is 0 Å². The minimum Gasteiger partial charge on any atom is -0.488 e. The smallest absolute Gasteiger partial charge is 0.241 e. The van der Waals surface area contributed by atoms with E-state index in [0.717, 1.165) is 36.4 Å². The van der Waals surface area contributed by atoms with Gasteiger partial charge in [-0.1, -0.05) is 26.0 Å². The number of ether oxygens (including phenoxy) is 2. The van der Waals surface area contributed by atoms with Crippen molar-refractivity contribution in [2.75, 3.05) is 40.4 Å². The number of aliphatic imine (C=N–C) groups is 1. The first kappa shape index (κ1) is 25.5. The number of rotatable bonds is 8. The monoisotopic (exact) mass is 518 g/mol. The maximum Gasteiger partial charge on any atom is 0.241 e. The fourth-order valence-corrected chi connectivity index (χ4v) is 2.64. The maximum absolute atomic E-state index is 11.9. The number of nitrogens with one attached hydrogen (secondary N) is 2. The van der Waals surface area contributed by atoms with Crippen LogP contribution in [0.5, 0.6) is 5.75 Å². The van der Waals surface area contributed by atoms with Gasteiger partial charge in [0.2, 0.25) is 5.91 Å². The first-order valence-electron chi connectivity index (χ1n) is 9.91. The van der Waals surface area contributed by atoms with E-state index in [9.17, 15) is 4.79 Å². The van der Waals surface area contributed by atoms with Crippen LogP contribution in [-0.2, 0) is 16.1 Å². The molecule has 1 aliphatic heterocycles. The van der Waals surface area contributed by atoms with Crippen molar-refractivity contribution >= 4 is 35.8 Å². The van der Waals surface area contributed by atoms with Crippen molar-refractivity contribution in [2.45, 2.75) is 39.8 Å². The first-order valence-corrected chi connectivity index (χ1v) is 9.91. The van der Waals surface area contributed by atoms with E-state index in [1.54, 1.807) is 19.0 Å². The summed E-state index contributed by atoms with van der Waals surface area (Å²) >= 11 is 0. The lowest BCUT2D eigenvalue weighted by Crippen LogP contribution is -2.44. The normalized spacial score (nSPS) is 16.3. The summed E-state index contributed by atoms with van der Waals surface area (Å²) in [4.78, 5) is 18.1. The molecule has 1 aromatic carbocycles. The molecule has 0 bridgehead atoms. The summed E-state index contributed by atoms with van der Waals surface area (Å²) in [6.07, 6.45) is 1.00. The number of benzene rings is 1. The van der Waals surface area contributed by atoms with Gasteiger partial charge in [-0.15, -0.1) is 24.0 Å². The molecule has 0 saturated carbocycles. The van der Waals surface area contributed by atoms with E-state index in [4.69, 9.17) is 9.47 Å². The van der Waals surface area contributed by atoms with Gasteiger partial charge in [-0.25, -0.2) is 4.99 Å². The Morgan fingerprint density at radius 3 is 2.72 bits per heavy atom. The minimum absolute atomic E-state index is 0. The molecule has 1 unspecified atom stereocenters. The highest BCUT2D eigenvalue weighted by Gasteiger charge is 2.18. The van der Waals surface area contributed by atoms with Crippen LogP contribution < -0.4 is 15.4 Å². The minimum atomic E-state index is -0.000335. The van der Waals surface area contributed by atoms with Crippen LogP contribution in [0.1, 0.15) is 31.4 Å². The third-order valence-electron chi connectivity index (χ3n) is 4.40. The maximum atomic E-state index is 11.9. The molecule has 1 fully saturated rings. The molecule has 2 N–H and O–H groups in total. The van der Waals surface area contributed by atoms with Gasteiger partial charge in [0.05, 0.1) is 26.3 Å². The molecule has 0 radical (unpaired) electrons. The topological polar surface area (TPSA) is 75.2 Å². The molecule has 0 aromatic heterocycles. The highest BCUT2D eigenvalue weighted by molar-refractivity contribution is 14.0. The average Bonchev–Trinajstić information content (AvgIpc) is 3.14. The first-order chi connectivity index (χ1) is 13.3. The van der Waals surface area contributed by atoms with E-state index in [0.29, 0.717) is 25.0 Å². The second-order valence-electron chi connectivity index (χ2n) is 7.80. The zero-order chi connectivity index (χ0) is 20.5. The van der Waals surface area contributed by atoms with Gasteiger partial charge in [0, 0.05) is 32.6 Å². The van der Waals surface area contributed by atoms with Crippen molar-refractivity contribution in [3.8, 4) is 5.75 Å². The Morgan fingerprint density at radius 1 is 1.34 bits per heavy atom. The lowest BCUT2D eigenvalue weighted by Gasteiger charge is -2.17. The molecule has 1 aromatic rings. The molecule has 1 aliphatic rings. The van der Waals surface area contributed by atoms with Crippen LogP contribution in [-0.4, -0.2) is 63.3 Å². The summed E-state index contributed by atoms with van der Waals surface area (Å²) in [5, 5.41) is 6.41. The third kappa shape index (κ3) is 9.20. The van der Waals surface area contributed by atoms with Gasteiger partial charge in [-0.3, -0.25) is 4.79 Å². The Kier molecular flexibility index (Phi) is 11.3. The zero-order valence-electron chi connectivity index (χ0n) is 18.2. The molecule has 29 heavy (non-hydrogen) atoms. The van der Waals surface area contributed by atoms with Crippen LogP contribution in [0, 0.1) is 12.8 Å². The van der Waals surface area contributed by atoms with Crippen molar-refractivity contribution in [1.82, 2.24) is 15.5 Å². The number of aryl methyl sites for hydroxylation is 1. The largest absolute Gasteiger partial charge is 0.488 e. The summed E-state index contributed by atoms with van der Waals surface area (Å²) in [5.41, 5.74) is 2.16. The lowest BCUT2D eigenvalue weighted by molar-refractivity contribution is -0.127. The molecule has 164 valence electrons. The summed E-state index contributed by atoms with van der Waals surface area (Å²) < 4.78 is 11.6. The van der Waals surface area contributed by atoms with Crippen molar-refractivity contribution in [3.05, 3.63) is 29.3 Å². The molecule has 1 atom stereocenters. The fraction of sp³-hybridized carbons (Fsp3) is 0.619. The van der Waals surface area contributed by atoms with Crippen LogP contribution in [0.25, 0.3) is 0 Å². The van der Waals surface area contributed by atoms with Gasteiger partial charge in [0.1, 0.15) is 11.9 Å². The summed E-state index contributed by atoms with van der Waals surface area (Å²) in [7, 11) is 3.48. The number of halogens is 1. The summed E-state index contributed by atoms with van der Waals surface area (Å²) in [6.45, 7) is 9.13. The van der Waals surface area contributed by atoms with Crippen molar-refractivity contribution in [1.29, 1.82) is 0 Å². The lowest BCUT2D eigenvalue weighted by atomic mass is 10.1. The number of hydrogen-bond donors (Lipinski definition) is 2. The standard InChI is InChI=1S/C21H34N4O3.HI/c1-15(2)11-22-21(24-13-20(26)25(4)5)23-12-17-7-6-16(3)10-19(17)28-18-8-9-27-14-18;/h6-7,10,15,18H,8-9,11-14H2,1-5H3,(H2,22,23,24);1H. The van der Waals surface area contributed by atoms with Crippen molar-refractivity contribution in [2.24, 2.45) is 10.9 Å². The van der Waals surface area contributed by atoms with Crippen LogP contribution >= 0.6 is 24.0 Å². The average molecular weight is 518 g/mol. The SMILES string of the molecule is Cc1ccc(CN=C(NCC(=O)N(C)C)NCC(C)C)c(OC2CCOC2)c1.I. The predicted molar refractivity (Wildman–Crippen MR) is 127 cm³/mol. The highest BCUT2D eigenvalue weighted by atomic mass is 127. The van der Waals surface area contributed by atoms with Gasteiger partial charge < -0.3 is 25.0 Å². The Balaban J connectivity index is 0.00000420. The zero-order valence-corrected chi connectivity index (χ0v) is 20.5. The second-order valence-corrected chi connectivity index (χ2v) is 7.80. The summed E-state index contributed by atoms with van der Waals surface area (Å²) in [5.74, 6) is 1.95. The van der Waals surface area contributed by atoms with Crippen molar-refractivity contribution in [3.63, 3.8) is 0 Å². The highest BCUT2D eigenvalue weighted by Crippen LogP contribution is 2.24. The molecule has 2 rings (SSSR count). The number of likely N-dealkylation sites (N-methyl/N-ethyl adjacent to an activating group) is 1. The Morgan fingerprint density at radius 2 is 2.10 bits per heavy atom. The predicted octanol–water partition coefficient (Wildman–Crippen LogP) is 2.56. The molecule has 1 amide bonds. The van der Waals surface area contributed by atoms with Gasteiger partial charge in [-0.2, -0.15) is 0 Å². The second kappa shape index (κ2) is 12.9. The van der Waals surface area contributed by atoms with Gasteiger partial charge in [0.25, 0.3) is 0 Å². The quantitative estimate of drug-likeness (QED) is 0.315. The Labute approximate surface area is 191 Å². The number of carbonyl (C=O) groups is 1. The molecule has 1 saturated heterocycles. The van der Waals surface area contributed by atoms with Crippen LogP contribution in [0.3, 0.4) is 0 Å². The van der Waals surface area contributed by atoms with E-state index in [-0.39, 0.29) is 42.5 Å². The summed E-state index contributed by atoms with van der Waals surface area (Å²) in [6, 6.07) is 6.16. The Hall–Kier alpha value is -1.55. The number of guanidine groups is 1. The Bertz CT molecular complexity index is 674. The van der Waals surface area contributed by atoms with Crippen LogP contribution in [0.15, 0.2) is 23.2 Å². The van der Waals surface area contributed by atoms with Gasteiger partial charge in [0.15, 0.2) is 5.96 Å². The van der Waals surface area contributed by atoms with E-state index < -0.39 is 0 Å². The molecule has 0 spiro atoms. The number of carbonyl (C=O) groups excluding carboxylic acids is 1. The fourth-order valence-electron chi connectivity index (χ4n) is 2.64. The number of amides is 1. The van der Waals surface area contributed by atoms with Gasteiger partial charge >= 0.3 is 0 Å². The van der Waals surface area contributed by atoms with E-state index >= 15 is 0 Å². The van der Waals surface area contributed by atoms with E-state index in [1.807, 2.05) is 6.07 Å². The number of hydrogen-bond acceptors (Lipinski definition) is 4. The molecule has 7 nitrogen and oxygen atoms in total. The molecule has 0 aliphatic carbocycles. The van der Waals surface area contributed by atoms with Crippen molar-refractivity contribution < 1.29 is 14.3 Å². The molecular formula is C21H35IN4O3. The van der Waals surface area contributed by atoms with Crippen LogP contribution in [0.4, 0.5) is 0 Å². The number of nitrogens with zero attached hydrogens (tertiary/aromatic N) is 2. The van der Waals surface area contributed by atoms with E-state index in [1.165, 1.54) is 0 Å². The van der Waals surface area contributed by atoms with Gasteiger partial charge in [-0.05, 0) is 24.5 Å². The molecule has 8 heteroatoms. The van der Waals surface area contributed by atoms with E-state index in [2.05, 4.69) is 48.5 Å². The molecular weight excluding hydrogens is 483 g/mol. The molecule has 1 heterocycles.